The Morgan fingerprint density at radius 3 is 2.42 bits per heavy atom. The van der Waals surface area contributed by atoms with Gasteiger partial charge in [-0.25, -0.2) is 28.1 Å². The van der Waals surface area contributed by atoms with Crippen LogP contribution in [0.3, 0.4) is 0 Å². The Balaban J connectivity index is 1.43. The first kappa shape index (κ1) is 25.6. The zero-order chi connectivity index (χ0) is 25.5. The van der Waals surface area contributed by atoms with Crippen molar-refractivity contribution in [3.63, 3.8) is 0 Å². The Bertz CT molecular complexity index is 1230. The van der Waals surface area contributed by atoms with Crippen LogP contribution in [0.2, 0.25) is 5.02 Å². The molecule has 0 aliphatic heterocycles. The molecule has 2 aromatic carbocycles. The summed E-state index contributed by atoms with van der Waals surface area (Å²) < 4.78 is 41.2. The summed E-state index contributed by atoms with van der Waals surface area (Å²) in [6.07, 6.45) is 7.80. The van der Waals surface area contributed by atoms with Gasteiger partial charge in [-0.2, -0.15) is 0 Å². The SMILES string of the molecule is O=C(NC(=NCc1ccc(Cl)cc1F)NC1CCC(Cc2ncccn2)CC1)c1ccc(F)c(F)c1. The molecule has 1 fully saturated rings. The van der Waals surface area contributed by atoms with Crippen LogP contribution in [0.5, 0.6) is 0 Å². The third kappa shape index (κ3) is 7.04. The van der Waals surface area contributed by atoms with Crippen LogP contribution in [0.4, 0.5) is 13.2 Å². The van der Waals surface area contributed by atoms with E-state index >= 15 is 0 Å². The van der Waals surface area contributed by atoms with Gasteiger partial charge in [0.1, 0.15) is 11.6 Å². The van der Waals surface area contributed by atoms with E-state index in [1.54, 1.807) is 24.5 Å². The average molecular weight is 516 g/mol. The normalized spacial score (nSPS) is 18.1. The summed E-state index contributed by atoms with van der Waals surface area (Å²) in [5.74, 6) is -1.94. The van der Waals surface area contributed by atoms with Crippen LogP contribution in [-0.2, 0) is 13.0 Å². The number of halogens is 4. The van der Waals surface area contributed by atoms with E-state index in [-0.39, 0.29) is 29.1 Å². The molecule has 1 saturated carbocycles. The molecule has 4 rings (SSSR count). The number of hydrogen-bond donors (Lipinski definition) is 2. The maximum atomic E-state index is 14.2. The molecule has 3 aromatic rings. The molecule has 10 heteroatoms. The molecule has 188 valence electrons. The Labute approximate surface area is 212 Å². The fourth-order valence-electron chi connectivity index (χ4n) is 4.15. The fourth-order valence-corrected chi connectivity index (χ4v) is 4.31. The monoisotopic (exact) mass is 515 g/mol. The molecule has 0 saturated heterocycles. The van der Waals surface area contributed by atoms with Gasteiger partial charge in [-0.05, 0) is 68.0 Å². The molecule has 1 aliphatic carbocycles. The van der Waals surface area contributed by atoms with Crippen molar-refractivity contribution in [1.82, 2.24) is 20.6 Å². The first-order chi connectivity index (χ1) is 17.4. The van der Waals surface area contributed by atoms with Crippen LogP contribution in [0.15, 0.2) is 59.9 Å². The van der Waals surface area contributed by atoms with E-state index < -0.39 is 23.4 Å². The minimum atomic E-state index is -1.13. The summed E-state index contributed by atoms with van der Waals surface area (Å²) in [6.45, 7) is -0.0515. The van der Waals surface area contributed by atoms with Gasteiger partial charge in [0.2, 0.25) is 0 Å². The summed E-state index contributed by atoms with van der Waals surface area (Å²) >= 11 is 5.82. The number of benzene rings is 2. The zero-order valence-corrected chi connectivity index (χ0v) is 20.1. The summed E-state index contributed by atoms with van der Waals surface area (Å²) in [6, 6.07) is 8.96. The van der Waals surface area contributed by atoms with Crippen LogP contribution in [0.25, 0.3) is 0 Å². The molecule has 0 radical (unpaired) electrons. The number of carbonyl (C=O) groups excluding carboxylic acids is 1. The van der Waals surface area contributed by atoms with Gasteiger partial charge in [-0.3, -0.25) is 10.1 Å². The van der Waals surface area contributed by atoms with Gasteiger partial charge in [0.25, 0.3) is 5.91 Å². The Kier molecular flexibility index (Phi) is 8.53. The van der Waals surface area contributed by atoms with Crippen LogP contribution in [0.1, 0.15) is 47.4 Å². The quantitative estimate of drug-likeness (QED) is 0.348. The lowest BCUT2D eigenvalue weighted by Gasteiger charge is -2.29. The van der Waals surface area contributed by atoms with Crippen LogP contribution >= 0.6 is 11.6 Å². The number of nitrogens with zero attached hydrogens (tertiary/aromatic N) is 3. The molecule has 1 amide bonds. The predicted octanol–water partition coefficient (Wildman–Crippen LogP) is 5.22. The highest BCUT2D eigenvalue weighted by molar-refractivity contribution is 6.30. The molecular formula is C26H25ClF3N5O. The van der Waals surface area contributed by atoms with Crippen molar-refractivity contribution >= 4 is 23.5 Å². The predicted molar refractivity (Wildman–Crippen MR) is 131 cm³/mol. The molecular weight excluding hydrogens is 491 g/mol. The Morgan fingerprint density at radius 1 is 0.972 bits per heavy atom. The molecule has 6 nitrogen and oxygen atoms in total. The molecule has 36 heavy (non-hydrogen) atoms. The number of aromatic nitrogens is 2. The first-order valence-electron chi connectivity index (χ1n) is 11.6. The zero-order valence-electron chi connectivity index (χ0n) is 19.4. The second-order valence-electron chi connectivity index (χ2n) is 8.71. The van der Waals surface area contributed by atoms with E-state index in [2.05, 4.69) is 25.6 Å². The Hall–Kier alpha value is -3.46. The minimum Gasteiger partial charge on any atom is -0.353 e. The molecule has 0 atom stereocenters. The van der Waals surface area contributed by atoms with Gasteiger partial charge in [-0.15, -0.1) is 0 Å². The smallest absolute Gasteiger partial charge is 0.258 e. The molecule has 1 aromatic heterocycles. The second-order valence-corrected chi connectivity index (χ2v) is 9.15. The molecule has 2 N–H and O–H groups in total. The highest BCUT2D eigenvalue weighted by Gasteiger charge is 2.23. The third-order valence-corrected chi connectivity index (χ3v) is 6.35. The lowest BCUT2D eigenvalue weighted by molar-refractivity contribution is 0.0974. The van der Waals surface area contributed by atoms with E-state index in [0.717, 1.165) is 50.1 Å². The van der Waals surface area contributed by atoms with Gasteiger partial charge < -0.3 is 5.32 Å². The van der Waals surface area contributed by atoms with Crippen LogP contribution in [0, 0.1) is 23.4 Å². The van der Waals surface area contributed by atoms with Gasteiger partial charge in [-0.1, -0.05) is 17.7 Å². The second kappa shape index (κ2) is 12.0. The summed E-state index contributed by atoms with van der Waals surface area (Å²) in [4.78, 5) is 25.7. The highest BCUT2D eigenvalue weighted by Crippen LogP contribution is 2.26. The number of guanidine groups is 1. The molecule has 1 heterocycles. The average Bonchev–Trinajstić information content (AvgIpc) is 2.87. The standard InChI is InChI=1S/C26H25ClF3N5O/c27-19-6-4-18(22(29)14-19)15-33-26(35-25(36)17-5-9-21(28)23(30)13-17)34-20-7-2-16(3-8-20)12-24-31-10-1-11-32-24/h1,4-6,9-11,13-14,16,20H,2-3,7-8,12,15H2,(H2,33,34,35,36). The lowest BCUT2D eigenvalue weighted by Crippen LogP contribution is -2.47. The fraction of sp³-hybridized carbons (Fsp3) is 0.308. The number of aliphatic imine (C=N–C) groups is 1. The highest BCUT2D eigenvalue weighted by atomic mass is 35.5. The largest absolute Gasteiger partial charge is 0.353 e. The van der Waals surface area contributed by atoms with E-state index in [9.17, 15) is 18.0 Å². The van der Waals surface area contributed by atoms with Gasteiger partial charge >= 0.3 is 0 Å². The van der Waals surface area contributed by atoms with Crippen molar-refractivity contribution in [1.29, 1.82) is 0 Å². The molecule has 0 unspecified atom stereocenters. The van der Waals surface area contributed by atoms with Crippen molar-refractivity contribution < 1.29 is 18.0 Å². The van der Waals surface area contributed by atoms with E-state index in [0.29, 0.717) is 11.5 Å². The van der Waals surface area contributed by atoms with Crippen molar-refractivity contribution in [3.8, 4) is 0 Å². The molecule has 0 spiro atoms. The number of nitrogens with one attached hydrogen (secondary N) is 2. The van der Waals surface area contributed by atoms with Crippen LogP contribution in [-0.4, -0.2) is 27.9 Å². The van der Waals surface area contributed by atoms with Gasteiger partial charge in [0.15, 0.2) is 17.6 Å². The third-order valence-electron chi connectivity index (χ3n) is 6.11. The van der Waals surface area contributed by atoms with E-state index in [1.807, 2.05) is 0 Å². The Morgan fingerprint density at radius 2 is 1.72 bits per heavy atom. The van der Waals surface area contributed by atoms with Crippen molar-refractivity contribution in [2.45, 2.75) is 44.7 Å². The van der Waals surface area contributed by atoms with Gasteiger partial charge in [0.05, 0.1) is 6.54 Å². The van der Waals surface area contributed by atoms with Crippen molar-refractivity contribution in [2.75, 3.05) is 0 Å². The maximum absolute atomic E-state index is 14.2. The molecule has 1 aliphatic rings. The van der Waals surface area contributed by atoms with Crippen molar-refractivity contribution in [3.05, 3.63) is 94.3 Å². The maximum Gasteiger partial charge on any atom is 0.258 e. The summed E-state index contributed by atoms with van der Waals surface area (Å²) in [5, 5.41) is 6.13. The lowest BCUT2D eigenvalue weighted by atomic mass is 9.84. The van der Waals surface area contributed by atoms with Crippen LogP contribution < -0.4 is 10.6 Å². The number of hydrogen-bond acceptors (Lipinski definition) is 4. The van der Waals surface area contributed by atoms with Crippen molar-refractivity contribution in [2.24, 2.45) is 10.9 Å². The summed E-state index contributed by atoms with van der Waals surface area (Å²) in [7, 11) is 0. The molecule has 0 bridgehead atoms. The first-order valence-corrected chi connectivity index (χ1v) is 12.0. The van der Waals surface area contributed by atoms with E-state index in [1.165, 1.54) is 18.2 Å². The number of carbonyl (C=O) groups is 1. The number of amides is 1. The topological polar surface area (TPSA) is 79.3 Å². The van der Waals surface area contributed by atoms with E-state index in [4.69, 9.17) is 11.6 Å². The summed E-state index contributed by atoms with van der Waals surface area (Å²) in [5.41, 5.74) is 0.236. The minimum absolute atomic E-state index is 0.0250. The number of rotatable bonds is 6. The van der Waals surface area contributed by atoms with Gasteiger partial charge in [0, 0.05) is 41.0 Å².